The van der Waals surface area contributed by atoms with Crippen LogP contribution in [-0.4, -0.2) is 73.8 Å². The number of ether oxygens (including phenoxy) is 3. The molecule has 1 fully saturated rings. The second-order valence-electron chi connectivity index (χ2n) is 5.51. The van der Waals surface area contributed by atoms with Gasteiger partial charge in [0.15, 0.2) is 11.5 Å². The van der Waals surface area contributed by atoms with E-state index in [1.807, 2.05) is 17.2 Å². The van der Waals surface area contributed by atoms with Crippen LogP contribution in [0.3, 0.4) is 0 Å². The Morgan fingerprint density at radius 3 is 2.16 bits per heavy atom. The van der Waals surface area contributed by atoms with E-state index >= 15 is 0 Å². The molecule has 1 saturated heterocycles. The van der Waals surface area contributed by atoms with Crippen LogP contribution in [0, 0.1) is 0 Å². The minimum atomic E-state index is 0.0697. The van der Waals surface area contributed by atoms with Crippen LogP contribution in [-0.2, 0) is 11.2 Å². The fraction of sp³-hybridized carbons (Fsp3) is 0.529. The first-order chi connectivity index (χ1) is 12.0. The number of amides is 1. The lowest BCUT2D eigenvalue weighted by Crippen LogP contribution is -2.50. The van der Waals surface area contributed by atoms with Gasteiger partial charge in [0, 0.05) is 31.7 Å². The number of carbonyl (C=O) groups is 1. The standard InChI is InChI=1S/C17H24N2O4S2/c1-21-13-6-5-12(15(22-2)16(13)23-3)11-14(20)18-7-9-19(10-8-18)17(24)25-4/h5-6H,7-11H2,1-4H3. The lowest BCUT2D eigenvalue weighted by molar-refractivity contribution is -0.131. The molecule has 1 heterocycles. The summed E-state index contributed by atoms with van der Waals surface area (Å²) < 4.78 is 17.0. The molecule has 0 radical (unpaired) electrons. The number of thioether (sulfide) groups is 1. The van der Waals surface area contributed by atoms with Gasteiger partial charge < -0.3 is 24.0 Å². The van der Waals surface area contributed by atoms with E-state index in [2.05, 4.69) is 4.90 Å². The van der Waals surface area contributed by atoms with Crippen LogP contribution in [0.1, 0.15) is 5.56 Å². The van der Waals surface area contributed by atoms with Crippen molar-refractivity contribution in [1.29, 1.82) is 0 Å². The van der Waals surface area contributed by atoms with Crippen LogP contribution in [0.5, 0.6) is 17.2 Å². The topological polar surface area (TPSA) is 51.2 Å². The molecule has 0 saturated carbocycles. The zero-order valence-electron chi connectivity index (χ0n) is 15.0. The molecule has 25 heavy (non-hydrogen) atoms. The molecule has 0 N–H and O–H groups in total. The fourth-order valence-electron chi connectivity index (χ4n) is 2.84. The first-order valence-electron chi connectivity index (χ1n) is 7.94. The van der Waals surface area contributed by atoms with Crippen LogP contribution in [0.15, 0.2) is 12.1 Å². The van der Waals surface area contributed by atoms with Gasteiger partial charge in [-0.25, -0.2) is 0 Å². The summed E-state index contributed by atoms with van der Waals surface area (Å²) in [5, 5.41) is 0. The lowest BCUT2D eigenvalue weighted by Gasteiger charge is -2.35. The van der Waals surface area contributed by atoms with E-state index in [-0.39, 0.29) is 12.3 Å². The molecule has 1 aromatic carbocycles. The largest absolute Gasteiger partial charge is 0.493 e. The number of methoxy groups -OCH3 is 3. The van der Waals surface area contributed by atoms with E-state index in [1.165, 1.54) is 0 Å². The monoisotopic (exact) mass is 384 g/mol. The highest BCUT2D eigenvalue weighted by Crippen LogP contribution is 2.40. The van der Waals surface area contributed by atoms with Crippen molar-refractivity contribution in [2.45, 2.75) is 6.42 Å². The molecule has 0 spiro atoms. The fourth-order valence-corrected chi connectivity index (χ4v) is 3.47. The van der Waals surface area contributed by atoms with Gasteiger partial charge in [-0.2, -0.15) is 0 Å². The predicted molar refractivity (Wildman–Crippen MR) is 104 cm³/mol. The Hall–Kier alpha value is -1.67. The third-order valence-electron chi connectivity index (χ3n) is 4.19. The molecular weight excluding hydrogens is 360 g/mol. The van der Waals surface area contributed by atoms with E-state index in [0.29, 0.717) is 30.3 Å². The molecule has 0 bridgehead atoms. The number of hydrogen-bond donors (Lipinski definition) is 0. The van der Waals surface area contributed by atoms with E-state index in [1.54, 1.807) is 39.2 Å². The maximum Gasteiger partial charge on any atom is 0.227 e. The molecule has 0 aliphatic carbocycles. The molecule has 1 aromatic rings. The third-order valence-corrected chi connectivity index (χ3v) is 5.56. The summed E-state index contributed by atoms with van der Waals surface area (Å²) in [6.07, 6.45) is 2.24. The first kappa shape index (κ1) is 19.7. The van der Waals surface area contributed by atoms with Crippen molar-refractivity contribution >= 4 is 34.2 Å². The summed E-state index contributed by atoms with van der Waals surface area (Å²) in [6, 6.07) is 3.63. The van der Waals surface area contributed by atoms with E-state index < -0.39 is 0 Å². The average Bonchev–Trinajstić information content (AvgIpc) is 2.66. The highest BCUT2D eigenvalue weighted by Gasteiger charge is 2.24. The molecule has 1 aliphatic rings. The first-order valence-corrected chi connectivity index (χ1v) is 9.57. The molecule has 0 atom stereocenters. The van der Waals surface area contributed by atoms with Crippen molar-refractivity contribution < 1.29 is 19.0 Å². The summed E-state index contributed by atoms with van der Waals surface area (Å²) in [4.78, 5) is 16.7. The summed E-state index contributed by atoms with van der Waals surface area (Å²) in [5.74, 6) is 1.69. The molecule has 1 amide bonds. The number of carbonyl (C=O) groups excluding carboxylic acids is 1. The number of nitrogens with zero attached hydrogens (tertiary/aromatic N) is 2. The second kappa shape index (κ2) is 9.15. The summed E-state index contributed by atoms with van der Waals surface area (Å²) in [6.45, 7) is 2.90. The third kappa shape index (κ3) is 4.49. The van der Waals surface area contributed by atoms with Gasteiger partial charge in [0.2, 0.25) is 11.7 Å². The maximum atomic E-state index is 12.7. The molecule has 0 aromatic heterocycles. The Labute approximate surface area is 158 Å². The smallest absolute Gasteiger partial charge is 0.227 e. The molecule has 2 rings (SSSR count). The molecule has 6 nitrogen and oxygen atoms in total. The van der Waals surface area contributed by atoms with Crippen molar-refractivity contribution in [2.24, 2.45) is 0 Å². The van der Waals surface area contributed by atoms with Crippen LogP contribution in [0.4, 0.5) is 0 Å². The SMILES string of the molecule is COc1ccc(CC(=O)N2CCN(C(=S)SC)CC2)c(OC)c1OC. The highest BCUT2D eigenvalue weighted by molar-refractivity contribution is 8.22. The van der Waals surface area contributed by atoms with Gasteiger partial charge in [0.25, 0.3) is 0 Å². The number of rotatable bonds is 5. The minimum Gasteiger partial charge on any atom is -0.493 e. The number of thiocarbonyl (C=S) groups is 1. The van der Waals surface area contributed by atoms with Crippen molar-refractivity contribution in [2.75, 3.05) is 53.8 Å². The molecule has 138 valence electrons. The van der Waals surface area contributed by atoms with Gasteiger partial charge in [-0.1, -0.05) is 18.3 Å². The molecule has 1 aliphatic heterocycles. The summed E-state index contributed by atoms with van der Waals surface area (Å²) in [5.41, 5.74) is 0.784. The highest BCUT2D eigenvalue weighted by atomic mass is 32.2. The Kier molecular flexibility index (Phi) is 7.19. The summed E-state index contributed by atoms with van der Waals surface area (Å²) >= 11 is 6.88. The van der Waals surface area contributed by atoms with Crippen molar-refractivity contribution in [3.05, 3.63) is 17.7 Å². The second-order valence-corrected chi connectivity index (χ2v) is 6.95. The Bertz CT molecular complexity index is 631. The van der Waals surface area contributed by atoms with E-state index in [4.69, 9.17) is 26.4 Å². The Morgan fingerprint density at radius 1 is 1.04 bits per heavy atom. The zero-order valence-corrected chi connectivity index (χ0v) is 16.7. The number of hydrogen-bond acceptors (Lipinski definition) is 6. The van der Waals surface area contributed by atoms with Gasteiger partial charge in [-0.3, -0.25) is 4.79 Å². The predicted octanol–water partition coefficient (Wildman–Crippen LogP) is 2.05. The van der Waals surface area contributed by atoms with Crippen molar-refractivity contribution in [1.82, 2.24) is 9.80 Å². The van der Waals surface area contributed by atoms with E-state index in [0.717, 1.165) is 23.0 Å². The number of benzene rings is 1. The van der Waals surface area contributed by atoms with Crippen LogP contribution in [0.2, 0.25) is 0 Å². The van der Waals surface area contributed by atoms with Crippen molar-refractivity contribution in [3.8, 4) is 17.2 Å². The molecule has 0 unspecified atom stereocenters. The normalized spacial score (nSPS) is 14.2. The van der Waals surface area contributed by atoms with Gasteiger partial charge in [0.1, 0.15) is 4.32 Å². The Morgan fingerprint density at radius 2 is 1.64 bits per heavy atom. The van der Waals surface area contributed by atoms with Crippen molar-refractivity contribution in [3.63, 3.8) is 0 Å². The lowest BCUT2D eigenvalue weighted by atomic mass is 10.1. The van der Waals surface area contributed by atoms with E-state index in [9.17, 15) is 4.79 Å². The minimum absolute atomic E-state index is 0.0697. The maximum absolute atomic E-state index is 12.7. The quantitative estimate of drug-likeness (QED) is 0.720. The van der Waals surface area contributed by atoms with Gasteiger partial charge >= 0.3 is 0 Å². The van der Waals surface area contributed by atoms with Gasteiger partial charge in [0.05, 0.1) is 27.8 Å². The van der Waals surface area contributed by atoms with Gasteiger partial charge in [-0.05, 0) is 12.3 Å². The zero-order chi connectivity index (χ0) is 18.4. The van der Waals surface area contributed by atoms with Crippen LogP contribution >= 0.6 is 24.0 Å². The Balaban J connectivity index is 2.07. The number of piperazine rings is 1. The van der Waals surface area contributed by atoms with Crippen LogP contribution < -0.4 is 14.2 Å². The van der Waals surface area contributed by atoms with Gasteiger partial charge in [-0.15, -0.1) is 11.8 Å². The van der Waals surface area contributed by atoms with Crippen LogP contribution in [0.25, 0.3) is 0 Å². The molecular formula is C17H24N2O4S2. The summed E-state index contributed by atoms with van der Waals surface area (Å²) in [7, 11) is 4.69. The average molecular weight is 385 g/mol. The molecule has 8 heteroatoms.